The number of ether oxygens (including phenoxy) is 1. The van der Waals surface area contributed by atoms with Crippen LogP contribution in [0.2, 0.25) is 0 Å². The molecule has 0 atom stereocenters. The van der Waals surface area contributed by atoms with E-state index < -0.39 is 20.5 Å². The van der Waals surface area contributed by atoms with E-state index in [1.54, 1.807) is 27.9 Å². The smallest absolute Gasteiger partial charge is 0.293 e. The van der Waals surface area contributed by atoms with Crippen molar-refractivity contribution < 1.29 is 18.1 Å². The van der Waals surface area contributed by atoms with Gasteiger partial charge in [0.05, 0.1) is 16.4 Å². The lowest BCUT2D eigenvalue weighted by atomic mass is 10.1. The van der Waals surface area contributed by atoms with Gasteiger partial charge in [0.25, 0.3) is 5.69 Å². The molecular weight excluding hydrogens is 372 g/mol. The lowest BCUT2D eigenvalue weighted by molar-refractivity contribution is -0.384. The third-order valence-corrected chi connectivity index (χ3v) is 5.97. The Hall–Kier alpha value is -1.75. The van der Waals surface area contributed by atoms with Crippen LogP contribution >= 0.6 is 0 Å². The molecule has 1 heterocycles. The molecule has 1 aliphatic rings. The number of piperazine rings is 1. The molecule has 27 heavy (non-hydrogen) atoms. The second-order valence-corrected chi connectivity index (χ2v) is 9.27. The predicted octanol–water partition coefficient (Wildman–Crippen LogP) is 1.44. The summed E-state index contributed by atoms with van der Waals surface area (Å²) in [6, 6.07) is 4.09. The molecule has 2 rings (SSSR count). The van der Waals surface area contributed by atoms with Crippen molar-refractivity contribution in [2.75, 3.05) is 51.3 Å². The minimum absolute atomic E-state index is 0.105. The molecule has 9 nitrogen and oxygen atoms in total. The van der Waals surface area contributed by atoms with Gasteiger partial charge in [0.2, 0.25) is 10.0 Å². The first-order valence-corrected chi connectivity index (χ1v) is 10.3. The van der Waals surface area contributed by atoms with Crippen LogP contribution in [0.1, 0.15) is 20.8 Å². The van der Waals surface area contributed by atoms with Gasteiger partial charge in [0.15, 0.2) is 0 Å². The third kappa shape index (κ3) is 5.86. The maximum Gasteiger partial charge on any atom is 0.293 e. The average Bonchev–Trinajstić information content (AvgIpc) is 2.58. The summed E-state index contributed by atoms with van der Waals surface area (Å²) >= 11 is 0. The molecule has 0 amide bonds. The maximum absolute atomic E-state index is 12.5. The molecule has 1 aromatic rings. The highest BCUT2D eigenvalue weighted by molar-refractivity contribution is 7.89. The van der Waals surface area contributed by atoms with Gasteiger partial charge < -0.3 is 9.64 Å². The summed E-state index contributed by atoms with van der Waals surface area (Å²) in [5, 5.41) is 11.6. The minimum Gasteiger partial charge on any atom is -0.383 e. The van der Waals surface area contributed by atoms with E-state index in [0.29, 0.717) is 25.4 Å². The number of sulfonamides is 1. The van der Waals surface area contributed by atoms with E-state index in [1.165, 1.54) is 12.1 Å². The highest BCUT2D eigenvalue weighted by Crippen LogP contribution is 2.31. The number of nitro groups is 1. The third-order valence-electron chi connectivity index (χ3n) is 4.22. The van der Waals surface area contributed by atoms with E-state index in [2.05, 4.69) is 9.62 Å². The Labute approximate surface area is 160 Å². The minimum atomic E-state index is -3.84. The van der Waals surface area contributed by atoms with Crippen LogP contribution in [0.4, 0.5) is 11.4 Å². The van der Waals surface area contributed by atoms with Crippen LogP contribution in [0.5, 0.6) is 0 Å². The van der Waals surface area contributed by atoms with Gasteiger partial charge in [0, 0.05) is 51.4 Å². The van der Waals surface area contributed by atoms with Gasteiger partial charge >= 0.3 is 0 Å². The van der Waals surface area contributed by atoms with Crippen molar-refractivity contribution in [2.24, 2.45) is 0 Å². The highest BCUT2D eigenvalue weighted by atomic mass is 32.2. The summed E-state index contributed by atoms with van der Waals surface area (Å²) < 4.78 is 32.6. The van der Waals surface area contributed by atoms with Crippen molar-refractivity contribution in [2.45, 2.75) is 31.2 Å². The number of hydrogen-bond donors (Lipinski definition) is 1. The normalized spacial score (nSPS) is 16.5. The summed E-state index contributed by atoms with van der Waals surface area (Å²) in [6.07, 6.45) is 0. The summed E-state index contributed by atoms with van der Waals surface area (Å²) in [4.78, 5) is 15.1. The molecule has 1 fully saturated rings. The molecule has 0 saturated carbocycles. The van der Waals surface area contributed by atoms with Gasteiger partial charge in [-0.2, -0.15) is 0 Å². The van der Waals surface area contributed by atoms with Crippen LogP contribution in [-0.2, 0) is 14.8 Å². The van der Waals surface area contributed by atoms with Crippen molar-refractivity contribution in [3.05, 3.63) is 28.3 Å². The first kappa shape index (κ1) is 21.5. The summed E-state index contributed by atoms with van der Waals surface area (Å²) in [7, 11) is -2.18. The average molecular weight is 401 g/mol. The van der Waals surface area contributed by atoms with E-state index in [-0.39, 0.29) is 10.6 Å². The monoisotopic (exact) mass is 400 g/mol. The second kappa shape index (κ2) is 8.51. The molecule has 1 N–H and O–H groups in total. The SMILES string of the molecule is COCCN1CCN(c2ccc(S(=O)(=O)NC(C)(C)C)cc2[N+](=O)[O-])CC1. The van der Waals surface area contributed by atoms with E-state index >= 15 is 0 Å². The number of methoxy groups -OCH3 is 1. The number of hydrogen-bond acceptors (Lipinski definition) is 7. The van der Waals surface area contributed by atoms with E-state index in [1.807, 2.05) is 4.90 Å². The summed E-state index contributed by atoms with van der Waals surface area (Å²) in [5.41, 5.74) is -0.427. The maximum atomic E-state index is 12.5. The Bertz CT molecular complexity index is 768. The second-order valence-electron chi connectivity index (χ2n) is 7.58. The molecule has 0 spiro atoms. The lowest BCUT2D eigenvalue weighted by Crippen LogP contribution is -2.47. The Balaban J connectivity index is 2.23. The summed E-state index contributed by atoms with van der Waals surface area (Å²) in [5.74, 6) is 0. The van der Waals surface area contributed by atoms with Crippen molar-refractivity contribution in [3.63, 3.8) is 0 Å². The molecule has 0 radical (unpaired) electrons. The van der Waals surface area contributed by atoms with Crippen LogP contribution in [0, 0.1) is 10.1 Å². The first-order chi connectivity index (χ1) is 12.5. The van der Waals surface area contributed by atoms with Crippen molar-refractivity contribution >= 4 is 21.4 Å². The van der Waals surface area contributed by atoms with E-state index in [4.69, 9.17) is 4.74 Å². The number of nitrogens with one attached hydrogen (secondary N) is 1. The number of nitro benzene ring substituents is 1. The number of anilines is 1. The number of rotatable bonds is 7. The number of benzene rings is 1. The quantitative estimate of drug-likeness (QED) is 0.545. The molecule has 0 unspecified atom stereocenters. The van der Waals surface area contributed by atoms with Crippen LogP contribution in [-0.4, -0.2) is 70.2 Å². The van der Waals surface area contributed by atoms with Crippen LogP contribution < -0.4 is 9.62 Å². The zero-order valence-electron chi connectivity index (χ0n) is 16.3. The molecule has 0 bridgehead atoms. The first-order valence-electron chi connectivity index (χ1n) is 8.82. The fourth-order valence-corrected chi connectivity index (χ4v) is 4.42. The molecule has 1 saturated heterocycles. The van der Waals surface area contributed by atoms with Gasteiger partial charge in [-0.15, -0.1) is 0 Å². The van der Waals surface area contributed by atoms with Gasteiger partial charge in [-0.05, 0) is 32.9 Å². The van der Waals surface area contributed by atoms with Gasteiger partial charge in [0.1, 0.15) is 5.69 Å². The Morgan fingerprint density at radius 1 is 1.22 bits per heavy atom. The van der Waals surface area contributed by atoms with E-state index in [0.717, 1.165) is 25.7 Å². The van der Waals surface area contributed by atoms with Gasteiger partial charge in [-0.25, -0.2) is 13.1 Å². The Kier molecular flexibility index (Phi) is 6.79. The van der Waals surface area contributed by atoms with Gasteiger partial charge in [-0.3, -0.25) is 15.0 Å². The van der Waals surface area contributed by atoms with Crippen molar-refractivity contribution in [1.29, 1.82) is 0 Å². The molecule has 1 aliphatic heterocycles. The molecule has 0 aliphatic carbocycles. The van der Waals surface area contributed by atoms with Crippen molar-refractivity contribution in [1.82, 2.24) is 9.62 Å². The largest absolute Gasteiger partial charge is 0.383 e. The molecule has 10 heteroatoms. The topological polar surface area (TPSA) is 105 Å². The highest BCUT2D eigenvalue weighted by Gasteiger charge is 2.28. The lowest BCUT2D eigenvalue weighted by Gasteiger charge is -2.35. The van der Waals surface area contributed by atoms with Crippen LogP contribution in [0.15, 0.2) is 23.1 Å². The molecule has 1 aromatic carbocycles. The Morgan fingerprint density at radius 2 is 1.85 bits per heavy atom. The van der Waals surface area contributed by atoms with Gasteiger partial charge in [-0.1, -0.05) is 0 Å². The van der Waals surface area contributed by atoms with Crippen molar-refractivity contribution in [3.8, 4) is 0 Å². The Morgan fingerprint density at radius 3 is 2.37 bits per heavy atom. The molecular formula is C17H28N4O5S. The fourth-order valence-electron chi connectivity index (χ4n) is 2.98. The van der Waals surface area contributed by atoms with E-state index in [9.17, 15) is 18.5 Å². The molecule has 152 valence electrons. The molecule has 0 aromatic heterocycles. The standard InChI is InChI=1S/C17H28N4O5S/c1-17(2,3)18-27(24,25)14-5-6-15(16(13-14)21(22)23)20-9-7-19(8-10-20)11-12-26-4/h5-6,13,18H,7-12H2,1-4H3. The zero-order chi connectivity index (χ0) is 20.2. The predicted molar refractivity (Wildman–Crippen MR) is 104 cm³/mol. The summed E-state index contributed by atoms with van der Waals surface area (Å²) in [6.45, 7) is 9.44. The number of nitrogens with zero attached hydrogens (tertiary/aromatic N) is 3. The van der Waals surface area contributed by atoms with Crippen LogP contribution in [0.3, 0.4) is 0 Å². The fraction of sp³-hybridized carbons (Fsp3) is 0.647. The zero-order valence-corrected chi connectivity index (χ0v) is 17.1. The van der Waals surface area contributed by atoms with Crippen LogP contribution in [0.25, 0.3) is 0 Å².